The predicted molar refractivity (Wildman–Crippen MR) is 67.0 cm³/mol. The number of halogens is 1. The summed E-state index contributed by atoms with van der Waals surface area (Å²) in [4.78, 5) is 11.6. The number of nitrogens with zero attached hydrogens (tertiary/aromatic N) is 2. The number of nitrogens with one attached hydrogen (secondary N) is 1. The average molecular weight is 268 g/mol. The topological polar surface area (TPSA) is 76.7 Å². The molecule has 18 heavy (non-hydrogen) atoms. The minimum atomic E-state index is -0.370. The number of H-pyrrole nitrogens is 1. The molecule has 1 atom stereocenters. The van der Waals surface area contributed by atoms with Crippen LogP contribution < -0.4 is 11.4 Å². The predicted octanol–water partition coefficient (Wildman–Crippen LogP) is 1.42. The van der Waals surface area contributed by atoms with Crippen LogP contribution >= 0.6 is 11.8 Å². The molecule has 0 aliphatic heterocycles. The monoisotopic (exact) mass is 268 g/mol. The standard InChI is InChI=1S/C11H13FN4OS/c1-6(13)7-4-3-5-8(12)9(7)18-11-15-14-10(17)16(11)2/h3-6H,13H2,1-2H3,(H,14,17)/t6-/m1/s1. The Bertz CT molecular complexity index is 620. The van der Waals surface area contributed by atoms with Crippen LogP contribution in [0, 0.1) is 5.82 Å². The molecule has 96 valence electrons. The summed E-state index contributed by atoms with van der Waals surface area (Å²) in [5.41, 5.74) is 6.16. The van der Waals surface area contributed by atoms with Gasteiger partial charge in [-0.1, -0.05) is 12.1 Å². The molecule has 0 amide bonds. The summed E-state index contributed by atoms with van der Waals surface area (Å²) in [5.74, 6) is -0.370. The van der Waals surface area contributed by atoms with Gasteiger partial charge in [0.25, 0.3) is 0 Å². The van der Waals surface area contributed by atoms with E-state index in [0.29, 0.717) is 15.6 Å². The highest BCUT2D eigenvalue weighted by atomic mass is 32.2. The van der Waals surface area contributed by atoms with E-state index in [9.17, 15) is 9.18 Å². The summed E-state index contributed by atoms with van der Waals surface area (Å²) < 4.78 is 15.2. The summed E-state index contributed by atoms with van der Waals surface area (Å²) in [5, 5.41) is 6.54. The molecule has 0 saturated heterocycles. The molecule has 1 aromatic carbocycles. The van der Waals surface area contributed by atoms with Gasteiger partial charge in [-0.25, -0.2) is 14.3 Å². The van der Waals surface area contributed by atoms with E-state index in [0.717, 1.165) is 11.8 Å². The third-order valence-electron chi connectivity index (χ3n) is 2.52. The van der Waals surface area contributed by atoms with Gasteiger partial charge in [0, 0.05) is 13.1 Å². The van der Waals surface area contributed by atoms with Crippen molar-refractivity contribution >= 4 is 11.8 Å². The van der Waals surface area contributed by atoms with Crippen LogP contribution in [0.5, 0.6) is 0 Å². The molecule has 1 heterocycles. The number of benzene rings is 1. The Morgan fingerprint density at radius 1 is 1.56 bits per heavy atom. The van der Waals surface area contributed by atoms with Crippen LogP contribution in [0.3, 0.4) is 0 Å². The van der Waals surface area contributed by atoms with E-state index in [1.54, 1.807) is 26.1 Å². The molecule has 0 radical (unpaired) electrons. The van der Waals surface area contributed by atoms with Crippen LogP contribution in [0.2, 0.25) is 0 Å². The molecule has 0 spiro atoms. The molecule has 0 bridgehead atoms. The normalized spacial score (nSPS) is 12.7. The quantitative estimate of drug-likeness (QED) is 0.882. The molecule has 0 aliphatic carbocycles. The van der Waals surface area contributed by atoms with Gasteiger partial charge in [-0.2, -0.15) is 0 Å². The molecular weight excluding hydrogens is 255 g/mol. The minimum absolute atomic E-state index is 0.292. The third kappa shape index (κ3) is 2.32. The Balaban J connectivity index is 2.46. The highest BCUT2D eigenvalue weighted by Crippen LogP contribution is 2.33. The van der Waals surface area contributed by atoms with Gasteiger partial charge in [0.1, 0.15) is 5.82 Å². The lowest BCUT2D eigenvalue weighted by Crippen LogP contribution is -2.13. The number of rotatable bonds is 3. The smallest absolute Gasteiger partial charge is 0.324 e. The van der Waals surface area contributed by atoms with E-state index in [-0.39, 0.29) is 17.5 Å². The maximum atomic E-state index is 13.8. The van der Waals surface area contributed by atoms with Crippen LogP contribution in [-0.2, 0) is 7.05 Å². The Hall–Kier alpha value is -1.60. The van der Waals surface area contributed by atoms with E-state index in [2.05, 4.69) is 10.2 Å². The van der Waals surface area contributed by atoms with E-state index in [1.165, 1.54) is 10.6 Å². The van der Waals surface area contributed by atoms with Crippen LogP contribution in [0.25, 0.3) is 0 Å². The van der Waals surface area contributed by atoms with Gasteiger partial charge < -0.3 is 5.73 Å². The Labute approximate surface area is 107 Å². The van der Waals surface area contributed by atoms with Crippen LogP contribution in [0.15, 0.2) is 33.0 Å². The van der Waals surface area contributed by atoms with Crippen molar-refractivity contribution in [1.29, 1.82) is 0 Å². The molecule has 2 rings (SSSR count). The Morgan fingerprint density at radius 3 is 2.83 bits per heavy atom. The molecule has 1 aromatic heterocycles. The lowest BCUT2D eigenvalue weighted by molar-refractivity contribution is 0.590. The molecule has 2 aromatic rings. The lowest BCUT2D eigenvalue weighted by Gasteiger charge is -2.12. The zero-order chi connectivity index (χ0) is 13.3. The van der Waals surface area contributed by atoms with Gasteiger partial charge >= 0.3 is 5.69 Å². The van der Waals surface area contributed by atoms with Gasteiger partial charge in [0.2, 0.25) is 0 Å². The SMILES string of the molecule is C[C@@H](N)c1cccc(F)c1Sc1n[nH]c(=O)n1C. The van der Waals surface area contributed by atoms with Crippen molar-refractivity contribution in [3.63, 3.8) is 0 Å². The second-order valence-corrected chi connectivity index (χ2v) is 4.90. The lowest BCUT2D eigenvalue weighted by atomic mass is 10.1. The largest absolute Gasteiger partial charge is 0.343 e. The maximum absolute atomic E-state index is 13.8. The molecule has 0 aliphatic rings. The van der Waals surface area contributed by atoms with Crippen molar-refractivity contribution in [2.75, 3.05) is 0 Å². The number of aromatic amines is 1. The number of hydrogen-bond acceptors (Lipinski definition) is 4. The fourth-order valence-electron chi connectivity index (χ4n) is 1.51. The first-order chi connectivity index (χ1) is 8.50. The number of nitrogens with two attached hydrogens (primary N) is 1. The van der Waals surface area contributed by atoms with Crippen molar-refractivity contribution in [1.82, 2.24) is 14.8 Å². The second-order valence-electron chi connectivity index (χ2n) is 3.92. The van der Waals surface area contributed by atoms with Crippen LogP contribution in [0.1, 0.15) is 18.5 Å². The van der Waals surface area contributed by atoms with E-state index in [4.69, 9.17) is 5.73 Å². The van der Waals surface area contributed by atoms with Crippen molar-refractivity contribution in [2.24, 2.45) is 12.8 Å². The third-order valence-corrected chi connectivity index (χ3v) is 3.70. The first kappa shape index (κ1) is 12.8. The summed E-state index contributed by atoms with van der Waals surface area (Å²) in [6, 6.07) is 4.45. The Kier molecular flexibility index (Phi) is 3.53. The van der Waals surface area contributed by atoms with E-state index >= 15 is 0 Å². The summed E-state index contributed by atoms with van der Waals surface area (Å²) >= 11 is 1.08. The van der Waals surface area contributed by atoms with Crippen LogP contribution in [0.4, 0.5) is 4.39 Å². The zero-order valence-electron chi connectivity index (χ0n) is 9.98. The van der Waals surface area contributed by atoms with Crippen molar-refractivity contribution in [3.8, 4) is 0 Å². The van der Waals surface area contributed by atoms with Crippen molar-refractivity contribution in [3.05, 3.63) is 40.1 Å². The molecule has 0 unspecified atom stereocenters. The van der Waals surface area contributed by atoms with Gasteiger partial charge in [-0.15, -0.1) is 5.10 Å². The minimum Gasteiger partial charge on any atom is -0.324 e. The summed E-state index contributed by atoms with van der Waals surface area (Å²) in [6.45, 7) is 1.78. The van der Waals surface area contributed by atoms with Gasteiger partial charge in [0.15, 0.2) is 5.16 Å². The Morgan fingerprint density at radius 2 is 2.28 bits per heavy atom. The summed E-state index contributed by atoms with van der Waals surface area (Å²) in [7, 11) is 1.57. The zero-order valence-corrected chi connectivity index (χ0v) is 10.8. The van der Waals surface area contributed by atoms with E-state index < -0.39 is 0 Å². The highest BCUT2D eigenvalue weighted by molar-refractivity contribution is 7.99. The van der Waals surface area contributed by atoms with Crippen LogP contribution in [-0.4, -0.2) is 14.8 Å². The van der Waals surface area contributed by atoms with Crippen molar-refractivity contribution in [2.45, 2.75) is 23.0 Å². The maximum Gasteiger partial charge on any atom is 0.343 e. The second kappa shape index (κ2) is 4.95. The molecule has 0 fully saturated rings. The molecule has 3 N–H and O–H groups in total. The van der Waals surface area contributed by atoms with Gasteiger partial charge in [0.05, 0.1) is 4.90 Å². The first-order valence-electron chi connectivity index (χ1n) is 5.34. The van der Waals surface area contributed by atoms with Crippen molar-refractivity contribution < 1.29 is 4.39 Å². The molecular formula is C11H13FN4OS. The average Bonchev–Trinajstić information content (AvgIpc) is 2.63. The number of aromatic nitrogens is 3. The van der Waals surface area contributed by atoms with E-state index in [1.807, 2.05) is 0 Å². The fraction of sp³-hybridized carbons (Fsp3) is 0.273. The van der Waals surface area contributed by atoms with Gasteiger partial charge in [-0.3, -0.25) is 4.57 Å². The number of hydrogen-bond donors (Lipinski definition) is 2. The van der Waals surface area contributed by atoms with Gasteiger partial charge in [-0.05, 0) is 30.3 Å². The fourth-order valence-corrected chi connectivity index (χ4v) is 2.54. The molecule has 7 heteroatoms. The molecule has 0 saturated carbocycles. The molecule has 5 nitrogen and oxygen atoms in total. The summed E-state index contributed by atoms with van der Waals surface area (Å²) in [6.07, 6.45) is 0. The highest BCUT2D eigenvalue weighted by Gasteiger charge is 2.16. The first-order valence-corrected chi connectivity index (χ1v) is 6.15.